The predicted molar refractivity (Wildman–Crippen MR) is 65.4 cm³/mol. The zero-order chi connectivity index (χ0) is 12.8. The molecule has 7 nitrogen and oxygen atoms in total. The molecule has 1 fully saturated rings. The van der Waals surface area contributed by atoms with E-state index in [9.17, 15) is 10.1 Å². The highest BCUT2D eigenvalue weighted by molar-refractivity contribution is 5.30. The SMILES string of the molecule is O=[N+]([O-])c1cnc(NCCOC2CCCC2)nc1. The first kappa shape index (κ1) is 12.7. The summed E-state index contributed by atoms with van der Waals surface area (Å²) in [7, 11) is 0. The van der Waals surface area contributed by atoms with Crippen molar-refractivity contribution in [2.24, 2.45) is 0 Å². The Bertz CT molecular complexity index is 390. The number of hydrogen-bond acceptors (Lipinski definition) is 6. The number of nitrogens with zero attached hydrogens (tertiary/aromatic N) is 3. The third-order valence-corrected chi connectivity index (χ3v) is 2.89. The van der Waals surface area contributed by atoms with Crippen LogP contribution in [0.15, 0.2) is 12.4 Å². The maximum atomic E-state index is 10.4. The second-order valence-corrected chi connectivity index (χ2v) is 4.23. The summed E-state index contributed by atoms with van der Waals surface area (Å²) in [5.41, 5.74) is -0.109. The smallest absolute Gasteiger partial charge is 0.305 e. The summed E-state index contributed by atoms with van der Waals surface area (Å²) >= 11 is 0. The predicted octanol–water partition coefficient (Wildman–Crippen LogP) is 1.76. The minimum Gasteiger partial charge on any atom is -0.376 e. The molecule has 1 N–H and O–H groups in total. The molecule has 0 aromatic carbocycles. The first-order chi connectivity index (χ1) is 8.75. The summed E-state index contributed by atoms with van der Waals surface area (Å²) in [6.07, 6.45) is 7.57. The summed E-state index contributed by atoms with van der Waals surface area (Å²) < 4.78 is 5.66. The molecule has 0 saturated heterocycles. The number of ether oxygens (including phenoxy) is 1. The van der Waals surface area contributed by atoms with E-state index < -0.39 is 4.92 Å². The van der Waals surface area contributed by atoms with Crippen LogP contribution in [0.25, 0.3) is 0 Å². The molecule has 0 bridgehead atoms. The summed E-state index contributed by atoms with van der Waals surface area (Å²) in [5, 5.41) is 13.4. The van der Waals surface area contributed by atoms with Crippen molar-refractivity contribution in [3.63, 3.8) is 0 Å². The quantitative estimate of drug-likeness (QED) is 0.471. The Morgan fingerprint density at radius 1 is 1.39 bits per heavy atom. The molecule has 1 aliphatic carbocycles. The van der Waals surface area contributed by atoms with Crippen LogP contribution in [0.3, 0.4) is 0 Å². The van der Waals surface area contributed by atoms with Crippen LogP contribution in [0.2, 0.25) is 0 Å². The lowest BCUT2D eigenvalue weighted by Gasteiger charge is -2.11. The maximum absolute atomic E-state index is 10.4. The third kappa shape index (κ3) is 3.63. The van der Waals surface area contributed by atoms with Crippen LogP contribution in [0.1, 0.15) is 25.7 Å². The largest absolute Gasteiger partial charge is 0.376 e. The van der Waals surface area contributed by atoms with Crippen LogP contribution in [-0.2, 0) is 4.74 Å². The highest BCUT2D eigenvalue weighted by atomic mass is 16.6. The molecule has 1 aromatic heterocycles. The van der Waals surface area contributed by atoms with E-state index >= 15 is 0 Å². The van der Waals surface area contributed by atoms with Crippen LogP contribution in [0, 0.1) is 10.1 Å². The summed E-state index contributed by atoms with van der Waals surface area (Å²) in [5.74, 6) is 0.385. The second-order valence-electron chi connectivity index (χ2n) is 4.23. The number of anilines is 1. The Balaban J connectivity index is 1.68. The molecule has 0 aliphatic heterocycles. The van der Waals surface area contributed by atoms with Crippen LogP contribution >= 0.6 is 0 Å². The van der Waals surface area contributed by atoms with Crippen molar-refractivity contribution in [3.05, 3.63) is 22.5 Å². The molecule has 0 radical (unpaired) electrons. The Kier molecular flexibility index (Phi) is 4.40. The molecular formula is C11H16N4O3. The molecule has 1 aromatic rings. The molecule has 1 heterocycles. The molecule has 1 saturated carbocycles. The van der Waals surface area contributed by atoms with Crippen LogP contribution in [0.4, 0.5) is 11.6 Å². The van der Waals surface area contributed by atoms with Gasteiger partial charge >= 0.3 is 5.69 Å². The third-order valence-electron chi connectivity index (χ3n) is 2.89. The van der Waals surface area contributed by atoms with Gasteiger partial charge in [-0.2, -0.15) is 0 Å². The molecular weight excluding hydrogens is 236 g/mol. The Morgan fingerprint density at radius 2 is 2.06 bits per heavy atom. The van der Waals surface area contributed by atoms with Crippen molar-refractivity contribution < 1.29 is 9.66 Å². The van der Waals surface area contributed by atoms with Gasteiger partial charge in [-0.3, -0.25) is 10.1 Å². The number of hydrogen-bond donors (Lipinski definition) is 1. The van der Waals surface area contributed by atoms with Crippen molar-refractivity contribution in [2.45, 2.75) is 31.8 Å². The van der Waals surface area contributed by atoms with Crippen molar-refractivity contribution in [1.82, 2.24) is 9.97 Å². The van der Waals surface area contributed by atoms with Gasteiger partial charge in [0.15, 0.2) is 0 Å². The molecule has 2 rings (SSSR count). The Hall–Kier alpha value is -1.76. The van der Waals surface area contributed by atoms with E-state index in [0.29, 0.717) is 25.2 Å². The van der Waals surface area contributed by atoms with E-state index in [2.05, 4.69) is 15.3 Å². The summed E-state index contributed by atoms with van der Waals surface area (Å²) in [4.78, 5) is 17.6. The number of nitro groups is 1. The minimum absolute atomic E-state index is 0.109. The minimum atomic E-state index is -0.521. The van der Waals surface area contributed by atoms with Crippen molar-refractivity contribution >= 4 is 11.6 Å². The Labute approximate surface area is 105 Å². The number of aromatic nitrogens is 2. The molecule has 1 aliphatic rings. The fourth-order valence-corrected chi connectivity index (χ4v) is 1.95. The van der Waals surface area contributed by atoms with Crippen LogP contribution in [0.5, 0.6) is 0 Å². The van der Waals surface area contributed by atoms with Gasteiger partial charge in [-0.05, 0) is 12.8 Å². The molecule has 0 spiro atoms. The normalized spacial score (nSPS) is 15.8. The van der Waals surface area contributed by atoms with E-state index in [-0.39, 0.29) is 5.69 Å². The molecule has 98 valence electrons. The fraction of sp³-hybridized carbons (Fsp3) is 0.636. The molecule has 0 unspecified atom stereocenters. The topological polar surface area (TPSA) is 90.2 Å². The van der Waals surface area contributed by atoms with E-state index in [1.165, 1.54) is 25.2 Å². The van der Waals surface area contributed by atoms with Gasteiger partial charge in [0.2, 0.25) is 5.95 Å². The van der Waals surface area contributed by atoms with Gasteiger partial charge in [0, 0.05) is 6.54 Å². The number of rotatable bonds is 6. The first-order valence-corrected chi connectivity index (χ1v) is 6.07. The molecule has 0 amide bonds. The lowest BCUT2D eigenvalue weighted by molar-refractivity contribution is -0.385. The average molecular weight is 252 g/mol. The van der Waals surface area contributed by atoms with E-state index in [1.54, 1.807) is 0 Å². The lowest BCUT2D eigenvalue weighted by Crippen LogP contribution is -2.16. The van der Waals surface area contributed by atoms with E-state index in [1.807, 2.05) is 0 Å². The fourth-order valence-electron chi connectivity index (χ4n) is 1.95. The van der Waals surface area contributed by atoms with Crippen molar-refractivity contribution in [1.29, 1.82) is 0 Å². The monoisotopic (exact) mass is 252 g/mol. The van der Waals surface area contributed by atoms with Gasteiger partial charge in [0.1, 0.15) is 12.4 Å². The molecule has 18 heavy (non-hydrogen) atoms. The van der Waals surface area contributed by atoms with E-state index in [0.717, 1.165) is 12.8 Å². The van der Waals surface area contributed by atoms with Gasteiger partial charge in [-0.15, -0.1) is 0 Å². The standard InChI is InChI=1S/C11H16N4O3/c16-15(17)9-7-13-11(14-8-9)12-5-6-18-10-3-1-2-4-10/h7-8,10H,1-6H2,(H,12,13,14). The summed E-state index contributed by atoms with van der Waals surface area (Å²) in [6, 6.07) is 0. The maximum Gasteiger partial charge on any atom is 0.305 e. The van der Waals surface area contributed by atoms with E-state index in [4.69, 9.17) is 4.74 Å². The zero-order valence-corrected chi connectivity index (χ0v) is 10.0. The average Bonchev–Trinajstić information content (AvgIpc) is 2.88. The first-order valence-electron chi connectivity index (χ1n) is 6.07. The van der Waals surface area contributed by atoms with Gasteiger partial charge in [-0.25, -0.2) is 9.97 Å². The zero-order valence-electron chi connectivity index (χ0n) is 10.0. The van der Waals surface area contributed by atoms with Crippen molar-refractivity contribution in [3.8, 4) is 0 Å². The van der Waals surface area contributed by atoms with Gasteiger partial charge in [0.25, 0.3) is 0 Å². The highest BCUT2D eigenvalue weighted by Gasteiger charge is 2.14. The lowest BCUT2D eigenvalue weighted by atomic mass is 10.3. The second kappa shape index (κ2) is 6.25. The highest BCUT2D eigenvalue weighted by Crippen LogP contribution is 2.20. The van der Waals surface area contributed by atoms with Crippen LogP contribution in [-0.4, -0.2) is 34.1 Å². The van der Waals surface area contributed by atoms with Crippen LogP contribution < -0.4 is 5.32 Å². The number of nitrogens with one attached hydrogen (secondary N) is 1. The molecule has 7 heteroatoms. The van der Waals surface area contributed by atoms with Gasteiger partial charge in [-0.1, -0.05) is 12.8 Å². The van der Waals surface area contributed by atoms with Gasteiger partial charge < -0.3 is 10.1 Å². The molecule has 0 atom stereocenters. The van der Waals surface area contributed by atoms with Gasteiger partial charge in [0.05, 0.1) is 17.6 Å². The summed E-state index contributed by atoms with van der Waals surface area (Å²) in [6.45, 7) is 1.21. The Morgan fingerprint density at radius 3 is 2.67 bits per heavy atom. The van der Waals surface area contributed by atoms with Crippen molar-refractivity contribution in [2.75, 3.05) is 18.5 Å².